The lowest BCUT2D eigenvalue weighted by Crippen LogP contribution is -2.56. The summed E-state index contributed by atoms with van der Waals surface area (Å²) >= 11 is 0. The van der Waals surface area contributed by atoms with E-state index in [1.54, 1.807) is 4.90 Å². The molecule has 0 aromatic rings. The Labute approximate surface area is 225 Å². The zero-order valence-electron chi connectivity index (χ0n) is 22.5. The van der Waals surface area contributed by atoms with Crippen molar-refractivity contribution in [2.24, 2.45) is 11.8 Å². The van der Waals surface area contributed by atoms with Gasteiger partial charge in [0, 0.05) is 59.0 Å². The molecule has 5 atom stereocenters. The van der Waals surface area contributed by atoms with Crippen molar-refractivity contribution in [3.63, 3.8) is 0 Å². The predicted octanol–water partition coefficient (Wildman–Crippen LogP) is 0.269. The van der Waals surface area contributed by atoms with E-state index >= 15 is 0 Å². The van der Waals surface area contributed by atoms with Crippen LogP contribution in [0.15, 0.2) is 24.3 Å². The van der Waals surface area contributed by atoms with E-state index in [0.29, 0.717) is 58.8 Å². The highest BCUT2D eigenvalue weighted by Gasteiger charge is 2.71. The van der Waals surface area contributed by atoms with Crippen molar-refractivity contribution in [1.82, 2.24) is 19.6 Å². The molecular weight excluding hydrogens is 488 g/mol. The van der Waals surface area contributed by atoms with E-state index in [9.17, 15) is 19.5 Å². The average Bonchev–Trinajstić information content (AvgIpc) is 3.24. The van der Waals surface area contributed by atoms with E-state index in [2.05, 4.69) is 4.90 Å². The molecule has 210 valence electrons. The van der Waals surface area contributed by atoms with Gasteiger partial charge < -0.3 is 29.3 Å². The fourth-order valence-electron chi connectivity index (χ4n) is 6.81. The second-order valence-corrected chi connectivity index (χ2v) is 11.0. The fraction of sp³-hybridized carbons (Fsp3) is 0.750. The van der Waals surface area contributed by atoms with Gasteiger partial charge in [-0.3, -0.25) is 19.3 Å². The topological polar surface area (TPSA) is 103 Å². The minimum absolute atomic E-state index is 0.0628. The third-order valence-corrected chi connectivity index (χ3v) is 8.67. The summed E-state index contributed by atoms with van der Waals surface area (Å²) in [6.45, 7) is 8.52. The van der Waals surface area contributed by atoms with Gasteiger partial charge in [-0.2, -0.15) is 0 Å². The number of hydrogen-bond acceptors (Lipinski definition) is 7. The summed E-state index contributed by atoms with van der Waals surface area (Å²) in [6, 6.07) is -0.801. The number of likely N-dealkylation sites (tertiary alicyclic amines) is 1. The van der Waals surface area contributed by atoms with Crippen molar-refractivity contribution in [2.45, 2.75) is 50.4 Å². The molecule has 10 nitrogen and oxygen atoms in total. The van der Waals surface area contributed by atoms with Crippen LogP contribution in [0.2, 0.25) is 0 Å². The molecule has 0 aliphatic carbocycles. The molecule has 5 heterocycles. The molecule has 38 heavy (non-hydrogen) atoms. The standard InChI is InChI=1S/C28H42N4O6/c1-2-10-30-11-6-8-21-22(25(30)34)23-26(35)32(13-4-3-5-18-33)24-27(36)31(12-7-9-28(23,24)38-21)15-14-29-16-19-37-20-17-29/h6-9,21-24,33H,2-5,10-20H2,1H3/t21-,22+,23-,24?,28-/m0/s1. The van der Waals surface area contributed by atoms with E-state index in [0.717, 1.165) is 32.5 Å². The molecular formula is C28H42N4O6. The van der Waals surface area contributed by atoms with Gasteiger partial charge in [0.15, 0.2) is 0 Å². The molecule has 3 saturated heterocycles. The number of unbranched alkanes of at least 4 members (excludes halogenated alkanes) is 2. The first kappa shape index (κ1) is 27.3. The minimum Gasteiger partial charge on any atom is -0.396 e. The van der Waals surface area contributed by atoms with Gasteiger partial charge in [0.05, 0.1) is 31.2 Å². The lowest BCUT2D eigenvalue weighted by molar-refractivity contribution is -0.148. The van der Waals surface area contributed by atoms with E-state index in [1.165, 1.54) is 0 Å². The van der Waals surface area contributed by atoms with Gasteiger partial charge in [-0.25, -0.2) is 0 Å². The van der Waals surface area contributed by atoms with Gasteiger partial charge in [0.25, 0.3) is 0 Å². The second-order valence-electron chi connectivity index (χ2n) is 11.0. The molecule has 5 rings (SSSR count). The number of aliphatic hydroxyl groups is 1. The van der Waals surface area contributed by atoms with Gasteiger partial charge in [-0.05, 0) is 25.7 Å². The van der Waals surface area contributed by atoms with Crippen molar-refractivity contribution in [3.8, 4) is 0 Å². The van der Waals surface area contributed by atoms with Crippen LogP contribution < -0.4 is 0 Å². The minimum atomic E-state index is -1.16. The van der Waals surface area contributed by atoms with Crippen LogP contribution in [0.5, 0.6) is 0 Å². The van der Waals surface area contributed by atoms with Crippen LogP contribution in [-0.4, -0.2) is 132 Å². The van der Waals surface area contributed by atoms with Crippen LogP contribution in [0, 0.1) is 11.8 Å². The predicted molar refractivity (Wildman–Crippen MR) is 140 cm³/mol. The maximum Gasteiger partial charge on any atom is 0.249 e. The van der Waals surface area contributed by atoms with Crippen molar-refractivity contribution >= 4 is 17.7 Å². The third-order valence-electron chi connectivity index (χ3n) is 8.67. The molecule has 3 amide bonds. The number of nitrogens with zero attached hydrogens (tertiary/aromatic N) is 4. The number of carbonyl (C=O) groups is 3. The van der Waals surface area contributed by atoms with Gasteiger partial charge in [0.1, 0.15) is 11.6 Å². The monoisotopic (exact) mass is 530 g/mol. The Balaban J connectivity index is 1.44. The Morgan fingerprint density at radius 3 is 2.45 bits per heavy atom. The number of aliphatic hydroxyl groups excluding tert-OH is 1. The van der Waals surface area contributed by atoms with Gasteiger partial charge in [0.2, 0.25) is 17.7 Å². The second kappa shape index (κ2) is 11.9. The summed E-state index contributed by atoms with van der Waals surface area (Å²) in [5.74, 6) is -1.72. The van der Waals surface area contributed by atoms with Crippen LogP contribution in [0.1, 0.15) is 32.6 Å². The summed E-state index contributed by atoms with van der Waals surface area (Å²) in [6.07, 6.45) is 10.1. The van der Waals surface area contributed by atoms with Crippen molar-refractivity contribution in [3.05, 3.63) is 24.3 Å². The lowest BCUT2D eigenvalue weighted by Gasteiger charge is -2.36. The first-order valence-corrected chi connectivity index (χ1v) is 14.3. The molecule has 0 radical (unpaired) electrons. The first-order valence-electron chi connectivity index (χ1n) is 14.3. The Bertz CT molecular complexity index is 950. The summed E-state index contributed by atoms with van der Waals surface area (Å²) in [5, 5.41) is 9.23. The van der Waals surface area contributed by atoms with E-state index in [4.69, 9.17) is 9.47 Å². The number of rotatable bonds is 10. The number of ether oxygens (including phenoxy) is 2. The summed E-state index contributed by atoms with van der Waals surface area (Å²) in [4.78, 5) is 49.7. The van der Waals surface area contributed by atoms with Crippen molar-refractivity contribution in [1.29, 1.82) is 0 Å². The molecule has 1 spiro atoms. The largest absolute Gasteiger partial charge is 0.396 e. The Morgan fingerprint density at radius 1 is 0.921 bits per heavy atom. The van der Waals surface area contributed by atoms with Crippen molar-refractivity contribution < 1.29 is 29.0 Å². The highest BCUT2D eigenvalue weighted by molar-refractivity contribution is 5.99. The molecule has 0 aromatic heterocycles. The first-order chi connectivity index (χ1) is 18.5. The third kappa shape index (κ3) is 4.92. The SMILES string of the molecule is CCCN1CC=C[C@@H]2O[C@]34C=CCN(CCN5CCOCC5)C(=O)C3N(CCCCCO)C(=O)[C@@H]4[C@@H]2C1=O. The van der Waals surface area contributed by atoms with E-state index < -0.39 is 29.6 Å². The maximum atomic E-state index is 14.2. The molecule has 5 aliphatic heterocycles. The highest BCUT2D eigenvalue weighted by atomic mass is 16.5. The number of amides is 3. The molecule has 0 saturated carbocycles. The molecule has 3 fully saturated rings. The highest BCUT2D eigenvalue weighted by Crippen LogP contribution is 2.53. The normalized spacial score (nSPS) is 33.4. The van der Waals surface area contributed by atoms with Crippen LogP contribution in [0.25, 0.3) is 0 Å². The Morgan fingerprint density at radius 2 is 1.68 bits per heavy atom. The molecule has 5 aliphatic rings. The molecule has 0 aromatic carbocycles. The van der Waals surface area contributed by atoms with Crippen LogP contribution >= 0.6 is 0 Å². The quantitative estimate of drug-likeness (QED) is 0.320. The molecule has 0 bridgehead atoms. The maximum absolute atomic E-state index is 14.2. The van der Waals surface area contributed by atoms with Crippen molar-refractivity contribution in [2.75, 3.05) is 72.2 Å². The number of hydrogen-bond donors (Lipinski definition) is 1. The summed E-state index contributed by atoms with van der Waals surface area (Å²) < 4.78 is 12.1. The average molecular weight is 531 g/mol. The Kier molecular flexibility index (Phi) is 8.52. The fourth-order valence-corrected chi connectivity index (χ4v) is 6.81. The van der Waals surface area contributed by atoms with E-state index in [1.807, 2.05) is 41.0 Å². The molecule has 10 heteroatoms. The zero-order valence-corrected chi connectivity index (χ0v) is 22.5. The zero-order chi connectivity index (χ0) is 26.7. The molecule has 1 unspecified atom stereocenters. The summed E-state index contributed by atoms with van der Waals surface area (Å²) in [7, 11) is 0. The molecule has 1 N–H and O–H groups in total. The van der Waals surface area contributed by atoms with Crippen LogP contribution in [-0.2, 0) is 23.9 Å². The number of fused-ring (bicyclic) bond motifs is 2. The van der Waals surface area contributed by atoms with E-state index in [-0.39, 0.29) is 24.3 Å². The van der Waals surface area contributed by atoms with Crippen LogP contribution in [0.4, 0.5) is 0 Å². The van der Waals surface area contributed by atoms with Crippen LogP contribution in [0.3, 0.4) is 0 Å². The number of carbonyl (C=O) groups excluding carboxylic acids is 3. The summed E-state index contributed by atoms with van der Waals surface area (Å²) in [5.41, 5.74) is -1.16. The van der Waals surface area contributed by atoms with Gasteiger partial charge in [-0.15, -0.1) is 0 Å². The van der Waals surface area contributed by atoms with Gasteiger partial charge in [-0.1, -0.05) is 31.2 Å². The van der Waals surface area contributed by atoms with Gasteiger partial charge >= 0.3 is 0 Å². The Hall–Kier alpha value is -2.27. The smallest absolute Gasteiger partial charge is 0.249 e. The lowest BCUT2D eigenvalue weighted by atomic mass is 9.77. The number of morpholine rings is 1.